The van der Waals surface area contributed by atoms with Crippen molar-refractivity contribution in [2.24, 2.45) is 5.92 Å². The van der Waals surface area contributed by atoms with Gasteiger partial charge in [0.2, 0.25) is 0 Å². The summed E-state index contributed by atoms with van der Waals surface area (Å²) in [6, 6.07) is 0. The summed E-state index contributed by atoms with van der Waals surface area (Å²) in [5.74, 6) is -0.964. The Hall–Kier alpha value is -0.610. The number of aliphatic hydroxyl groups is 1. The topological polar surface area (TPSA) is 66.8 Å². The SMILES string of the molecule is CCC1CC(C(O)CC(=O)O)C(CC)O1. The third-order valence-electron chi connectivity index (χ3n) is 3.12. The highest BCUT2D eigenvalue weighted by Crippen LogP contribution is 2.33. The van der Waals surface area contributed by atoms with Crippen molar-refractivity contribution < 1.29 is 19.7 Å². The number of aliphatic hydroxyl groups excluding tert-OH is 1. The molecule has 1 fully saturated rings. The predicted molar refractivity (Wildman–Crippen MR) is 55.6 cm³/mol. The molecule has 88 valence electrons. The number of rotatable bonds is 5. The molecular weight excluding hydrogens is 196 g/mol. The third kappa shape index (κ3) is 3.18. The van der Waals surface area contributed by atoms with E-state index in [1.165, 1.54) is 0 Å². The average Bonchev–Trinajstić information content (AvgIpc) is 2.59. The van der Waals surface area contributed by atoms with Gasteiger partial charge in [-0.15, -0.1) is 0 Å². The zero-order valence-electron chi connectivity index (χ0n) is 9.35. The molecule has 4 heteroatoms. The van der Waals surface area contributed by atoms with E-state index in [2.05, 4.69) is 0 Å². The van der Waals surface area contributed by atoms with Gasteiger partial charge in [0, 0.05) is 5.92 Å². The monoisotopic (exact) mass is 216 g/mol. The van der Waals surface area contributed by atoms with E-state index in [4.69, 9.17) is 9.84 Å². The van der Waals surface area contributed by atoms with Gasteiger partial charge in [-0.25, -0.2) is 0 Å². The minimum absolute atomic E-state index is 0.0175. The lowest BCUT2D eigenvalue weighted by Gasteiger charge is -2.21. The Bertz CT molecular complexity index is 217. The first kappa shape index (κ1) is 12.5. The highest BCUT2D eigenvalue weighted by atomic mass is 16.5. The molecule has 1 aliphatic heterocycles. The largest absolute Gasteiger partial charge is 0.481 e. The minimum Gasteiger partial charge on any atom is -0.481 e. The molecule has 1 saturated heterocycles. The number of aliphatic carboxylic acids is 1. The first-order valence-corrected chi connectivity index (χ1v) is 5.63. The van der Waals surface area contributed by atoms with E-state index in [1.807, 2.05) is 13.8 Å². The van der Waals surface area contributed by atoms with Crippen LogP contribution in [0.4, 0.5) is 0 Å². The summed E-state index contributed by atoms with van der Waals surface area (Å²) in [5.41, 5.74) is 0. The van der Waals surface area contributed by atoms with E-state index >= 15 is 0 Å². The number of hydrogen-bond donors (Lipinski definition) is 2. The standard InChI is InChI=1S/C11H20O4/c1-3-7-5-8(10(4-2)15-7)9(12)6-11(13)14/h7-10,12H,3-6H2,1-2H3,(H,13,14). The van der Waals surface area contributed by atoms with Crippen LogP contribution in [-0.2, 0) is 9.53 Å². The molecule has 1 heterocycles. The van der Waals surface area contributed by atoms with Crippen molar-refractivity contribution in [2.75, 3.05) is 0 Å². The molecule has 0 bridgehead atoms. The molecule has 0 aliphatic carbocycles. The van der Waals surface area contributed by atoms with Gasteiger partial charge in [-0.2, -0.15) is 0 Å². The highest BCUT2D eigenvalue weighted by Gasteiger charge is 2.38. The van der Waals surface area contributed by atoms with E-state index in [0.717, 1.165) is 19.3 Å². The molecule has 0 aromatic carbocycles. The lowest BCUT2D eigenvalue weighted by Crippen LogP contribution is -2.29. The zero-order chi connectivity index (χ0) is 11.4. The van der Waals surface area contributed by atoms with E-state index in [-0.39, 0.29) is 24.5 Å². The Kier molecular flexibility index (Phi) is 4.54. The van der Waals surface area contributed by atoms with E-state index in [0.29, 0.717) is 0 Å². The maximum absolute atomic E-state index is 10.5. The molecule has 0 aromatic heterocycles. The number of hydrogen-bond acceptors (Lipinski definition) is 3. The molecule has 0 saturated carbocycles. The maximum atomic E-state index is 10.5. The van der Waals surface area contributed by atoms with Crippen molar-refractivity contribution in [3.8, 4) is 0 Å². The van der Waals surface area contributed by atoms with Crippen LogP contribution in [0.25, 0.3) is 0 Å². The second-order valence-electron chi connectivity index (χ2n) is 4.18. The molecule has 0 amide bonds. The van der Waals surface area contributed by atoms with Gasteiger partial charge in [-0.1, -0.05) is 13.8 Å². The maximum Gasteiger partial charge on any atom is 0.305 e. The van der Waals surface area contributed by atoms with Crippen LogP contribution in [0.1, 0.15) is 39.5 Å². The fourth-order valence-corrected chi connectivity index (χ4v) is 2.26. The lowest BCUT2D eigenvalue weighted by molar-refractivity contribution is -0.140. The van der Waals surface area contributed by atoms with Gasteiger partial charge in [-0.05, 0) is 19.3 Å². The van der Waals surface area contributed by atoms with Gasteiger partial charge in [0.25, 0.3) is 0 Å². The quantitative estimate of drug-likeness (QED) is 0.729. The Balaban J connectivity index is 2.55. The van der Waals surface area contributed by atoms with E-state index in [1.54, 1.807) is 0 Å². The van der Waals surface area contributed by atoms with Crippen molar-refractivity contribution >= 4 is 5.97 Å². The molecular formula is C11H20O4. The van der Waals surface area contributed by atoms with Gasteiger partial charge >= 0.3 is 5.97 Å². The van der Waals surface area contributed by atoms with Gasteiger partial charge in [-0.3, -0.25) is 4.79 Å². The minimum atomic E-state index is -0.947. The Morgan fingerprint density at radius 1 is 1.47 bits per heavy atom. The van der Waals surface area contributed by atoms with Crippen LogP contribution in [0.5, 0.6) is 0 Å². The summed E-state index contributed by atoms with van der Waals surface area (Å²) >= 11 is 0. The van der Waals surface area contributed by atoms with Crippen molar-refractivity contribution in [3.05, 3.63) is 0 Å². The number of carbonyl (C=O) groups is 1. The summed E-state index contributed by atoms with van der Waals surface area (Å²) in [6.07, 6.45) is 1.78. The van der Waals surface area contributed by atoms with Crippen LogP contribution < -0.4 is 0 Å². The van der Waals surface area contributed by atoms with Crippen LogP contribution in [0, 0.1) is 5.92 Å². The van der Waals surface area contributed by atoms with Crippen molar-refractivity contribution in [3.63, 3.8) is 0 Å². The predicted octanol–water partition coefficient (Wildman–Crippen LogP) is 1.42. The molecule has 0 radical (unpaired) electrons. The molecule has 1 rings (SSSR count). The van der Waals surface area contributed by atoms with Crippen LogP contribution in [0.15, 0.2) is 0 Å². The Morgan fingerprint density at radius 2 is 2.13 bits per heavy atom. The summed E-state index contributed by atoms with van der Waals surface area (Å²) in [6.45, 7) is 4.05. The molecule has 2 N–H and O–H groups in total. The first-order chi connectivity index (χ1) is 7.08. The molecule has 1 aliphatic rings. The second-order valence-corrected chi connectivity index (χ2v) is 4.18. The molecule has 4 unspecified atom stereocenters. The lowest BCUT2D eigenvalue weighted by atomic mass is 9.90. The van der Waals surface area contributed by atoms with Crippen molar-refractivity contribution in [1.29, 1.82) is 0 Å². The fourth-order valence-electron chi connectivity index (χ4n) is 2.26. The zero-order valence-corrected chi connectivity index (χ0v) is 9.35. The van der Waals surface area contributed by atoms with Crippen molar-refractivity contribution in [1.82, 2.24) is 0 Å². The average molecular weight is 216 g/mol. The van der Waals surface area contributed by atoms with Gasteiger partial charge < -0.3 is 14.9 Å². The number of ether oxygens (including phenoxy) is 1. The summed E-state index contributed by atoms with van der Waals surface area (Å²) in [4.78, 5) is 10.5. The molecule has 0 aromatic rings. The van der Waals surface area contributed by atoms with Crippen LogP contribution in [0.3, 0.4) is 0 Å². The number of carboxylic acids is 1. The van der Waals surface area contributed by atoms with Crippen molar-refractivity contribution in [2.45, 2.75) is 57.8 Å². The smallest absolute Gasteiger partial charge is 0.305 e. The highest BCUT2D eigenvalue weighted by molar-refractivity contribution is 5.67. The van der Waals surface area contributed by atoms with Crippen LogP contribution in [-0.4, -0.2) is 34.5 Å². The Morgan fingerprint density at radius 3 is 2.60 bits per heavy atom. The van der Waals surface area contributed by atoms with Gasteiger partial charge in [0.1, 0.15) is 0 Å². The van der Waals surface area contributed by atoms with Crippen LogP contribution in [0.2, 0.25) is 0 Å². The van der Waals surface area contributed by atoms with E-state index in [9.17, 15) is 9.90 Å². The van der Waals surface area contributed by atoms with Crippen LogP contribution >= 0.6 is 0 Å². The fraction of sp³-hybridized carbons (Fsp3) is 0.909. The summed E-state index contributed by atoms with van der Waals surface area (Å²) in [5, 5.41) is 18.4. The summed E-state index contributed by atoms with van der Waals surface area (Å²) in [7, 11) is 0. The number of carboxylic acid groups (broad SMARTS) is 1. The molecule has 4 atom stereocenters. The van der Waals surface area contributed by atoms with Gasteiger partial charge in [0.15, 0.2) is 0 Å². The first-order valence-electron chi connectivity index (χ1n) is 5.63. The molecule has 15 heavy (non-hydrogen) atoms. The second kappa shape index (κ2) is 5.47. The Labute approximate surface area is 90.2 Å². The normalized spacial score (nSPS) is 32.9. The van der Waals surface area contributed by atoms with E-state index < -0.39 is 12.1 Å². The molecule has 4 nitrogen and oxygen atoms in total. The summed E-state index contributed by atoms with van der Waals surface area (Å²) < 4.78 is 5.72. The third-order valence-corrected chi connectivity index (χ3v) is 3.12. The molecule has 0 spiro atoms. The van der Waals surface area contributed by atoms with Gasteiger partial charge in [0.05, 0.1) is 24.7 Å².